The monoisotopic (exact) mass is 435 g/mol. The van der Waals surface area contributed by atoms with Crippen molar-refractivity contribution in [2.75, 3.05) is 44.7 Å². The summed E-state index contributed by atoms with van der Waals surface area (Å²) in [6, 6.07) is 10.9. The molecule has 32 heavy (non-hydrogen) atoms. The van der Waals surface area contributed by atoms with E-state index in [0.29, 0.717) is 37.4 Å². The number of β-amino-alcohol motifs (C(OH)–C–C–N with tert-alkyl or cyclic N) is 1. The number of hydrogen-bond donors (Lipinski definition) is 2. The minimum atomic E-state index is -1.02. The van der Waals surface area contributed by atoms with Gasteiger partial charge in [-0.3, -0.25) is 14.8 Å². The highest BCUT2D eigenvalue weighted by molar-refractivity contribution is 5.94. The lowest BCUT2D eigenvalue weighted by Gasteiger charge is -2.42. The van der Waals surface area contributed by atoms with E-state index in [9.17, 15) is 9.90 Å². The summed E-state index contributed by atoms with van der Waals surface area (Å²) in [5.41, 5.74) is 6.86. The van der Waals surface area contributed by atoms with E-state index in [-0.39, 0.29) is 12.5 Å². The van der Waals surface area contributed by atoms with Crippen LogP contribution in [0.1, 0.15) is 23.2 Å². The Labute approximate surface area is 187 Å². The quantitative estimate of drug-likeness (QED) is 0.585. The van der Waals surface area contributed by atoms with Gasteiger partial charge in [-0.2, -0.15) is 0 Å². The van der Waals surface area contributed by atoms with Gasteiger partial charge in [0.05, 0.1) is 17.7 Å². The number of carbonyl (C=O) groups is 1. The molecule has 0 radical (unpaired) electrons. The lowest BCUT2D eigenvalue weighted by atomic mass is 9.91. The van der Waals surface area contributed by atoms with Crippen LogP contribution in [0.15, 0.2) is 55.0 Å². The number of likely N-dealkylation sites (N-methyl/N-ethyl adjacent to an activating group) is 1. The second kappa shape index (κ2) is 9.50. The second-order valence-corrected chi connectivity index (χ2v) is 8.30. The molecule has 1 aromatic carbocycles. The largest absolute Gasteiger partial charge is 0.492 e. The van der Waals surface area contributed by atoms with Gasteiger partial charge in [0.1, 0.15) is 12.4 Å². The molecule has 8 nitrogen and oxygen atoms in total. The number of aromatic nitrogens is 2. The van der Waals surface area contributed by atoms with E-state index in [1.807, 2.05) is 12.1 Å². The van der Waals surface area contributed by atoms with Crippen molar-refractivity contribution in [2.45, 2.75) is 18.4 Å². The number of anilines is 1. The Morgan fingerprint density at radius 3 is 3.03 bits per heavy atom. The van der Waals surface area contributed by atoms with Gasteiger partial charge in [0.25, 0.3) is 5.91 Å². The van der Waals surface area contributed by atoms with Crippen molar-refractivity contribution in [1.29, 1.82) is 0 Å². The summed E-state index contributed by atoms with van der Waals surface area (Å²) >= 11 is 0. The first-order valence-corrected chi connectivity index (χ1v) is 10.8. The molecular formula is C24H29N5O3. The number of hydrogen-bond acceptors (Lipinski definition) is 7. The third kappa shape index (κ3) is 4.81. The van der Waals surface area contributed by atoms with E-state index in [0.717, 1.165) is 29.6 Å². The van der Waals surface area contributed by atoms with Crippen LogP contribution < -0.4 is 15.4 Å². The number of nitrogens with two attached hydrogens (primary N) is 1. The fourth-order valence-corrected chi connectivity index (χ4v) is 4.33. The summed E-state index contributed by atoms with van der Waals surface area (Å²) in [5.74, 6) is 0.447. The lowest BCUT2D eigenvalue weighted by Crippen LogP contribution is -2.54. The van der Waals surface area contributed by atoms with Crippen molar-refractivity contribution < 1.29 is 14.6 Å². The van der Waals surface area contributed by atoms with Crippen LogP contribution in [0.5, 0.6) is 5.75 Å². The van der Waals surface area contributed by atoms with E-state index in [2.05, 4.69) is 14.9 Å². The standard InChI is InChI=1S/C24H29N5O3/c1-28(23(30)18-4-2-5-19(14-18)32-13-9-25)16-24(31)8-3-12-29(17-24)22-7-11-27-21-6-10-26-15-20(21)22/h2,4-7,10-11,14-15,31H,3,8-9,12-13,16-17,25H2,1H3/t24-/m0/s1. The van der Waals surface area contributed by atoms with Crippen LogP contribution in [0.3, 0.4) is 0 Å². The Morgan fingerprint density at radius 2 is 2.19 bits per heavy atom. The predicted molar refractivity (Wildman–Crippen MR) is 124 cm³/mol. The number of pyridine rings is 2. The van der Waals surface area contributed by atoms with Gasteiger partial charge in [0.15, 0.2) is 0 Å². The fraction of sp³-hybridized carbons (Fsp3) is 0.375. The minimum absolute atomic E-state index is 0.160. The maximum atomic E-state index is 13.0. The summed E-state index contributed by atoms with van der Waals surface area (Å²) in [6.07, 6.45) is 6.76. The first-order chi connectivity index (χ1) is 15.5. The number of rotatable bonds is 7. The summed E-state index contributed by atoms with van der Waals surface area (Å²) in [6.45, 7) is 2.29. The van der Waals surface area contributed by atoms with Crippen molar-refractivity contribution in [2.24, 2.45) is 5.73 Å². The Hall–Kier alpha value is -3.23. The number of fused-ring (bicyclic) bond motifs is 1. The lowest BCUT2D eigenvalue weighted by molar-refractivity contribution is 0.0000629. The van der Waals surface area contributed by atoms with E-state index in [1.54, 1.807) is 54.8 Å². The van der Waals surface area contributed by atoms with E-state index >= 15 is 0 Å². The molecule has 2 aromatic heterocycles. The first kappa shape index (κ1) is 22.0. The molecule has 1 fully saturated rings. The molecule has 3 N–H and O–H groups in total. The number of benzene rings is 1. The Bertz CT molecular complexity index is 1090. The average Bonchev–Trinajstić information content (AvgIpc) is 2.81. The van der Waals surface area contributed by atoms with Gasteiger partial charge in [-0.1, -0.05) is 6.07 Å². The van der Waals surface area contributed by atoms with Crippen molar-refractivity contribution in [3.05, 3.63) is 60.6 Å². The molecule has 0 bridgehead atoms. The average molecular weight is 436 g/mol. The number of carbonyl (C=O) groups excluding carboxylic acids is 1. The maximum absolute atomic E-state index is 13.0. The van der Waals surface area contributed by atoms with Crippen LogP contribution >= 0.6 is 0 Å². The Balaban J connectivity index is 1.48. The van der Waals surface area contributed by atoms with Crippen molar-refractivity contribution >= 4 is 22.5 Å². The zero-order valence-corrected chi connectivity index (χ0v) is 18.3. The van der Waals surface area contributed by atoms with Crippen LogP contribution in [0.2, 0.25) is 0 Å². The molecule has 8 heteroatoms. The van der Waals surface area contributed by atoms with Crippen LogP contribution in [0.25, 0.3) is 10.9 Å². The summed E-state index contributed by atoms with van der Waals surface area (Å²) < 4.78 is 5.53. The molecule has 3 heterocycles. The molecule has 1 aliphatic heterocycles. The zero-order chi connectivity index (χ0) is 22.6. The van der Waals surface area contributed by atoms with Crippen LogP contribution in [0, 0.1) is 0 Å². The van der Waals surface area contributed by atoms with Gasteiger partial charge >= 0.3 is 0 Å². The second-order valence-electron chi connectivity index (χ2n) is 8.30. The highest BCUT2D eigenvalue weighted by atomic mass is 16.5. The molecule has 0 saturated carbocycles. The molecule has 0 unspecified atom stereocenters. The van der Waals surface area contributed by atoms with Crippen molar-refractivity contribution in [1.82, 2.24) is 14.9 Å². The summed E-state index contributed by atoms with van der Waals surface area (Å²) in [4.78, 5) is 25.4. The number of ether oxygens (including phenoxy) is 1. The van der Waals surface area contributed by atoms with Crippen LogP contribution in [-0.2, 0) is 0 Å². The molecular weight excluding hydrogens is 406 g/mol. The minimum Gasteiger partial charge on any atom is -0.492 e. The van der Waals surface area contributed by atoms with E-state index in [1.165, 1.54) is 0 Å². The van der Waals surface area contributed by atoms with Crippen LogP contribution in [0.4, 0.5) is 5.69 Å². The fourth-order valence-electron chi connectivity index (χ4n) is 4.33. The highest BCUT2D eigenvalue weighted by Gasteiger charge is 2.36. The van der Waals surface area contributed by atoms with Crippen LogP contribution in [-0.4, -0.2) is 71.3 Å². The molecule has 0 spiro atoms. The third-order valence-electron chi connectivity index (χ3n) is 5.76. The molecule has 1 aliphatic rings. The number of aliphatic hydroxyl groups is 1. The normalized spacial score (nSPS) is 18.5. The van der Waals surface area contributed by atoms with E-state index in [4.69, 9.17) is 10.5 Å². The maximum Gasteiger partial charge on any atom is 0.253 e. The Morgan fingerprint density at radius 1 is 1.31 bits per heavy atom. The molecule has 1 saturated heterocycles. The first-order valence-electron chi connectivity index (χ1n) is 10.8. The topological polar surface area (TPSA) is 105 Å². The SMILES string of the molecule is CN(C[C@@]1(O)CCCN(c2ccnc3ccncc23)C1)C(=O)c1cccc(OCCN)c1. The van der Waals surface area contributed by atoms with Crippen molar-refractivity contribution in [3.63, 3.8) is 0 Å². The zero-order valence-electron chi connectivity index (χ0n) is 18.3. The third-order valence-corrected chi connectivity index (χ3v) is 5.76. The number of piperidine rings is 1. The Kier molecular flexibility index (Phi) is 6.53. The smallest absolute Gasteiger partial charge is 0.253 e. The predicted octanol–water partition coefficient (Wildman–Crippen LogP) is 2.07. The van der Waals surface area contributed by atoms with Gasteiger partial charge in [0.2, 0.25) is 0 Å². The number of amides is 1. The highest BCUT2D eigenvalue weighted by Crippen LogP contribution is 2.31. The molecule has 0 aliphatic carbocycles. The van der Waals surface area contributed by atoms with Gasteiger partial charge in [-0.05, 0) is 43.2 Å². The van der Waals surface area contributed by atoms with Gasteiger partial charge < -0.3 is 25.4 Å². The summed E-state index contributed by atoms with van der Waals surface area (Å²) in [5, 5.41) is 12.4. The molecule has 168 valence electrons. The number of nitrogens with zero attached hydrogens (tertiary/aromatic N) is 4. The van der Waals surface area contributed by atoms with Gasteiger partial charge in [-0.15, -0.1) is 0 Å². The van der Waals surface area contributed by atoms with E-state index < -0.39 is 5.60 Å². The summed E-state index contributed by atoms with van der Waals surface area (Å²) in [7, 11) is 1.72. The molecule has 3 aromatic rings. The molecule has 4 rings (SSSR count). The molecule has 1 amide bonds. The van der Waals surface area contributed by atoms with Gasteiger partial charge in [-0.25, -0.2) is 0 Å². The van der Waals surface area contributed by atoms with Crippen molar-refractivity contribution in [3.8, 4) is 5.75 Å². The van der Waals surface area contributed by atoms with Gasteiger partial charge in [0, 0.05) is 61.9 Å². The molecule has 1 atom stereocenters.